The number of rotatable bonds is 3. The molecule has 2 fully saturated rings. The van der Waals surface area contributed by atoms with Gasteiger partial charge in [-0.2, -0.15) is 0 Å². The van der Waals surface area contributed by atoms with E-state index in [1.165, 1.54) is 0 Å². The standard InChI is InChI=1S/C23H27N3O3/c1-15-5-2-9-18-21(15)17(8-3-6-16-7-4-13-24-14-12-16)23(29)26(18)19-10-11-20(27)25-22(19)28/h2-3,5-6,8-9,16,19,24H,4,7,10-14H2,1H3,(H,25,27,28)/b6-3+,17-8+. The molecule has 0 saturated carbocycles. The van der Waals surface area contributed by atoms with E-state index >= 15 is 0 Å². The van der Waals surface area contributed by atoms with Gasteiger partial charge < -0.3 is 5.32 Å². The minimum absolute atomic E-state index is 0.170. The van der Waals surface area contributed by atoms with Crippen LogP contribution >= 0.6 is 0 Å². The van der Waals surface area contributed by atoms with Crippen LogP contribution in [0.2, 0.25) is 0 Å². The summed E-state index contributed by atoms with van der Waals surface area (Å²) in [5.74, 6) is -0.333. The van der Waals surface area contributed by atoms with Crippen molar-refractivity contribution in [2.45, 2.75) is 45.1 Å². The molecule has 4 rings (SSSR count). The third-order valence-electron chi connectivity index (χ3n) is 6.02. The molecule has 2 N–H and O–H groups in total. The summed E-state index contributed by atoms with van der Waals surface area (Å²) in [7, 11) is 0. The highest BCUT2D eigenvalue weighted by molar-refractivity contribution is 6.34. The second-order valence-corrected chi connectivity index (χ2v) is 8.02. The molecule has 3 aliphatic rings. The Bertz CT molecular complexity index is 895. The van der Waals surface area contributed by atoms with Crippen molar-refractivity contribution in [1.29, 1.82) is 0 Å². The molecule has 29 heavy (non-hydrogen) atoms. The minimum Gasteiger partial charge on any atom is -0.317 e. The third kappa shape index (κ3) is 3.90. The summed E-state index contributed by atoms with van der Waals surface area (Å²) in [6.45, 7) is 4.07. The van der Waals surface area contributed by atoms with E-state index in [9.17, 15) is 14.4 Å². The van der Waals surface area contributed by atoms with Crippen LogP contribution in [-0.4, -0.2) is 36.9 Å². The number of amides is 3. The van der Waals surface area contributed by atoms with Gasteiger partial charge >= 0.3 is 0 Å². The zero-order valence-corrected chi connectivity index (χ0v) is 16.7. The van der Waals surface area contributed by atoms with E-state index in [-0.39, 0.29) is 18.2 Å². The molecule has 2 unspecified atom stereocenters. The minimum atomic E-state index is -0.649. The zero-order valence-electron chi connectivity index (χ0n) is 16.7. The van der Waals surface area contributed by atoms with Crippen molar-refractivity contribution in [1.82, 2.24) is 10.6 Å². The Morgan fingerprint density at radius 3 is 2.79 bits per heavy atom. The van der Waals surface area contributed by atoms with Crippen molar-refractivity contribution in [3.8, 4) is 0 Å². The Morgan fingerprint density at radius 1 is 1.10 bits per heavy atom. The summed E-state index contributed by atoms with van der Waals surface area (Å²) < 4.78 is 0. The quantitative estimate of drug-likeness (QED) is 0.611. The van der Waals surface area contributed by atoms with E-state index in [0.29, 0.717) is 17.9 Å². The normalized spacial score (nSPS) is 26.7. The number of piperidine rings is 1. The lowest BCUT2D eigenvalue weighted by Gasteiger charge is -2.29. The van der Waals surface area contributed by atoms with Crippen LogP contribution in [0.4, 0.5) is 5.69 Å². The second-order valence-electron chi connectivity index (χ2n) is 8.02. The van der Waals surface area contributed by atoms with Crippen molar-refractivity contribution in [2.24, 2.45) is 5.92 Å². The number of imide groups is 1. The SMILES string of the molecule is Cc1cccc2c1/C(=C\C=C\C1CCCNCC1)C(=O)N2C1CCC(=O)NC1=O. The summed E-state index contributed by atoms with van der Waals surface area (Å²) in [5, 5.41) is 5.78. The van der Waals surface area contributed by atoms with Crippen LogP contribution in [0.1, 0.15) is 43.2 Å². The monoisotopic (exact) mass is 393 g/mol. The van der Waals surface area contributed by atoms with Crippen molar-refractivity contribution >= 4 is 29.0 Å². The van der Waals surface area contributed by atoms with Gasteiger partial charge in [0.05, 0.1) is 5.69 Å². The Hall–Kier alpha value is -2.73. The smallest absolute Gasteiger partial charge is 0.259 e. The number of carbonyl (C=O) groups excluding carboxylic acids is 3. The fourth-order valence-electron chi connectivity index (χ4n) is 4.49. The average molecular weight is 393 g/mol. The molecule has 0 aromatic heterocycles. The Kier molecular flexibility index (Phi) is 5.62. The molecule has 1 aromatic carbocycles. The van der Waals surface area contributed by atoms with E-state index in [0.717, 1.165) is 49.2 Å². The molecule has 6 nitrogen and oxygen atoms in total. The van der Waals surface area contributed by atoms with E-state index < -0.39 is 11.9 Å². The van der Waals surface area contributed by atoms with Crippen LogP contribution < -0.4 is 15.5 Å². The Labute approximate surface area is 171 Å². The molecule has 2 atom stereocenters. The molecule has 3 aliphatic heterocycles. The van der Waals surface area contributed by atoms with E-state index in [2.05, 4.69) is 16.7 Å². The van der Waals surface area contributed by atoms with Crippen LogP contribution in [0, 0.1) is 12.8 Å². The summed E-state index contributed by atoms with van der Waals surface area (Å²) in [5.41, 5.74) is 3.26. The highest BCUT2D eigenvalue weighted by Crippen LogP contribution is 2.41. The average Bonchev–Trinajstić information content (AvgIpc) is 2.85. The number of nitrogens with one attached hydrogen (secondary N) is 2. The highest BCUT2D eigenvalue weighted by atomic mass is 16.2. The summed E-state index contributed by atoms with van der Waals surface area (Å²) in [4.78, 5) is 38.9. The molecule has 2 saturated heterocycles. The molecular formula is C23H27N3O3. The number of anilines is 1. The van der Waals surface area contributed by atoms with E-state index in [1.54, 1.807) is 4.90 Å². The summed E-state index contributed by atoms with van der Waals surface area (Å²) in [6.07, 6.45) is 10.1. The molecule has 0 bridgehead atoms. The maximum absolute atomic E-state index is 13.3. The second kappa shape index (κ2) is 8.33. The van der Waals surface area contributed by atoms with Gasteiger partial charge in [0.15, 0.2) is 0 Å². The Balaban J connectivity index is 1.64. The number of carbonyl (C=O) groups is 3. The Morgan fingerprint density at radius 2 is 1.97 bits per heavy atom. The largest absolute Gasteiger partial charge is 0.317 e. The first-order chi connectivity index (χ1) is 14.1. The van der Waals surface area contributed by atoms with Gasteiger partial charge in [0.1, 0.15) is 6.04 Å². The van der Waals surface area contributed by atoms with Gasteiger partial charge in [-0.25, -0.2) is 0 Å². The first-order valence-corrected chi connectivity index (χ1v) is 10.4. The van der Waals surface area contributed by atoms with Crippen LogP contribution in [0.15, 0.2) is 36.4 Å². The molecule has 0 aliphatic carbocycles. The zero-order chi connectivity index (χ0) is 20.4. The van der Waals surface area contributed by atoms with Crippen LogP contribution in [0.25, 0.3) is 5.57 Å². The van der Waals surface area contributed by atoms with Crippen LogP contribution in [0.3, 0.4) is 0 Å². The maximum Gasteiger partial charge on any atom is 0.259 e. The number of hydrogen-bond donors (Lipinski definition) is 2. The molecule has 3 heterocycles. The summed E-state index contributed by atoms with van der Waals surface area (Å²) in [6, 6.07) is 5.11. The van der Waals surface area contributed by atoms with Gasteiger partial charge in [-0.15, -0.1) is 0 Å². The molecular weight excluding hydrogens is 366 g/mol. The summed E-state index contributed by atoms with van der Waals surface area (Å²) >= 11 is 0. The topological polar surface area (TPSA) is 78.5 Å². The van der Waals surface area contributed by atoms with E-state index in [4.69, 9.17) is 0 Å². The first-order valence-electron chi connectivity index (χ1n) is 10.4. The third-order valence-corrected chi connectivity index (χ3v) is 6.02. The maximum atomic E-state index is 13.3. The lowest BCUT2D eigenvalue weighted by Crippen LogP contribution is -2.53. The van der Waals surface area contributed by atoms with Crippen molar-refractivity contribution in [3.05, 3.63) is 47.6 Å². The predicted molar refractivity (Wildman–Crippen MR) is 112 cm³/mol. The molecule has 0 spiro atoms. The van der Waals surface area contributed by atoms with Crippen molar-refractivity contribution < 1.29 is 14.4 Å². The van der Waals surface area contributed by atoms with Crippen molar-refractivity contribution in [3.63, 3.8) is 0 Å². The molecule has 1 aromatic rings. The fraction of sp³-hybridized carbons (Fsp3) is 0.435. The predicted octanol–water partition coefficient (Wildman–Crippen LogP) is 2.48. The molecule has 3 amide bonds. The number of nitrogens with zero attached hydrogens (tertiary/aromatic N) is 1. The van der Waals surface area contributed by atoms with Gasteiger partial charge in [-0.05, 0) is 69.3 Å². The van der Waals surface area contributed by atoms with Gasteiger partial charge in [-0.3, -0.25) is 24.6 Å². The molecule has 0 radical (unpaired) electrons. The molecule has 6 heteroatoms. The lowest BCUT2D eigenvalue weighted by atomic mass is 9.98. The van der Waals surface area contributed by atoms with Gasteiger partial charge in [0.25, 0.3) is 5.91 Å². The number of hydrogen-bond acceptors (Lipinski definition) is 4. The lowest BCUT2D eigenvalue weighted by molar-refractivity contribution is -0.135. The number of fused-ring (bicyclic) bond motifs is 1. The van der Waals surface area contributed by atoms with Crippen molar-refractivity contribution in [2.75, 3.05) is 18.0 Å². The van der Waals surface area contributed by atoms with Crippen LogP contribution in [0.5, 0.6) is 0 Å². The fourth-order valence-corrected chi connectivity index (χ4v) is 4.49. The number of allylic oxidation sites excluding steroid dienone is 3. The first kappa shape index (κ1) is 19.6. The number of aryl methyl sites for hydroxylation is 1. The van der Waals surface area contributed by atoms with Gasteiger partial charge in [-0.1, -0.05) is 24.3 Å². The highest BCUT2D eigenvalue weighted by Gasteiger charge is 2.42. The van der Waals surface area contributed by atoms with Gasteiger partial charge in [0.2, 0.25) is 11.8 Å². The van der Waals surface area contributed by atoms with E-state index in [1.807, 2.05) is 37.3 Å². The molecule has 152 valence electrons. The number of benzene rings is 1. The van der Waals surface area contributed by atoms with Crippen LogP contribution in [-0.2, 0) is 14.4 Å². The van der Waals surface area contributed by atoms with Gasteiger partial charge in [0, 0.05) is 17.6 Å².